The van der Waals surface area contributed by atoms with Crippen molar-refractivity contribution in [3.8, 4) is 0 Å². The molecule has 0 spiro atoms. The maximum absolute atomic E-state index is 11.9. The number of nitrogens with two attached hydrogens (primary N) is 1. The van der Waals surface area contributed by atoms with Gasteiger partial charge in [0.25, 0.3) is 0 Å². The van der Waals surface area contributed by atoms with Crippen LogP contribution in [0.4, 0.5) is 0 Å². The second-order valence-electron chi connectivity index (χ2n) is 5.49. The zero-order valence-electron chi connectivity index (χ0n) is 10.7. The summed E-state index contributed by atoms with van der Waals surface area (Å²) in [7, 11) is 0. The molecular formula is C15H15N3O. The Morgan fingerprint density at radius 1 is 1.42 bits per heavy atom. The molecule has 4 heteroatoms. The molecule has 2 aliphatic carbocycles. The number of H-pyrrole nitrogens is 1. The van der Waals surface area contributed by atoms with Crippen LogP contribution in [-0.4, -0.2) is 16.0 Å². The minimum Gasteiger partial charge on any atom is -0.323 e. The first-order valence-corrected chi connectivity index (χ1v) is 6.64. The lowest BCUT2D eigenvalue weighted by Crippen LogP contribution is -2.22. The molecule has 1 heterocycles. The number of ketones is 1. The van der Waals surface area contributed by atoms with Gasteiger partial charge in [-0.1, -0.05) is 6.07 Å². The first kappa shape index (κ1) is 10.9. The van der Waals surface area contributed by atoms with E-state index in [1.54, 1.807) is 0 Å². The molecule has 4 rings (SSSR count). The number of benzene rings is 1. The van der Waals surface area contributed by atoms with Crippen molar-refractivity contribution in [2.45, 2.75) is 25.8 Å². The van der Waals surface area contributed by atoms with E-state index in [1.807, 2.05) is 19.2 Å². The highest BCUT2D eigenvalue weighted by Gasteiger charge is 2.40. The van der Waals surface area contributed by atoms with Crippen molar-refractivity contribution in [1.29, 1.82) is 0 Å². The van der Waals surface area contributed by atoms with Gasteiger partial charge in [-0.2, -0.15) is 5.10 Å². The second-order valence-corrected chi connectivity index (χ2v) is 5.49. The summed E-state index contributed by atoms with van der Waals surface area (Å²) in [5.41, 5.74) is 11.8. The van der Waals surface area contributed by atoms with E-state index >= 15 is 0 Å². The van der Waals surface area contributed by atoms with Gasteiger partial charge in [-0.3, -0.25) is 9.89 Å². The number of carbonyl (C=O) groups is 1. The molecular weight excluding hydrogens is 238 g/mol. The minimum absolute atomic E-state index is 0.0191. The number of Topliss-reactive ketones (excluding diaryl/α,β-unsaturated/α-hetero) is 1. The van der Waals surface area contributed by atoms with E-state index in [0.29, 0.717) is 6.42 Å². The predicted molar refractivity (Wildman–Crippen MR) is 73.3 cm³/mol. The standard InChI is InChI=1S/C15H15N3O/c1-7-12(19)5-3-9-13(7)8-2-4-11-10(6-17-18-11)14(8)15(9)16/h2,4,6,9,15H,3,5,16H2,1H3,(H,17,18)/t9?,15-/m1/s1. The summed E-state index contributed by atoms with van der Waals surface area (Å²) in [6.45, 7) is 1.94. The molecule has 4 nitrogen and oxygen atoms in total. The van der Waals surface area contributed by atoms with Crippen molar-refractivity contribution in [3.05, 3.63) is 35.0 Å². The third-order valence-corrected chi connectivity index (χ3v) is 4.60. The Balaban J connectivity index is 2.08. The first-order valence-electron chi connectivity index (χ1n) is 6.64. The topological polar surface area (TPSA) is 71.8 Å². The van der Waals surface area contributed by atoms with Crippen molar-refractivity contribution in [1.82, 2.24) is 10.2 Å². The molecule has 0 fully saturated rings. The van der Waals surface area contributed by atoms with Crippen molar-refractivity contribution >= 4 is 22.3 Å². The van der Waals surface area contributed by atoms with Crippen LogP contribution in [0.15, 0.2) is 23.9 Å². The zero-order valence-corrected chi connectivity index (χ0v) is 10.7. The Morgan fingerprint density at radius 3 is 3.11 bits per heavy atom. The molecule has 3 N–H and O–H groups in total. The van der Waals surface area contributed by atoms with E-state index in [4.69, 9.17) is 5.73 Å². The lowest BCUT2D eigenvalue weighted by molar-refractivity contribution is -0.116. The van der Waals surface area contributed by atoms with Crippen LogP contribution in [-0.2, 0) is 4.79 Å². The third kappa shape index (κ3) is 1.27. The molecule has 1 aromatic heterocycles. The average Bonchev–Trinajstić information content (AvgIpc) is 2.97. The minimum atomic E-state index is -0.0191. The first-order chi connectivity index (χ1) is 9.18. The number of nitrogens with one attached hydrogen (secondary N) is 1. The van der Waals surface area contributed by atoms with Gasteiger partial charge in [0, 0.05) is 23.8 Å². The number of allylic oxidation sites excluding steroid dienone is 1. The molecule has 0 aliphatic heterocycles. The average molecular weight is 253 g/mol. The molecule has 0 amide bonds. The number of carbonyl (C=O) groups excluding carboxylic acids is 1. The molecule has 0 saturated heterocycles. The quantitative estimate of drug-likeness (QED) is 0.757. The third-order valence-electron chi connectivity index (χ3n) is 4.60. The highest BCUT2D eigenvalue weighted by atomic mass is 16.1. The second kappa shape index (κ2) is 3.54. The van der Waals surface area contributed by atoms with Crippen molar-refractivity contribution in [3.63, 3.8) is 0 Å². The van der Waals surface area contributed by atoms with Gasteiger partial charge in [0.1, 0.15) is 0 Å². The van der Waals surface area contributed by atoms with E-state index in [2.05, 4.69) is 16.3 Å². The van der Waals surface area contributed by atoms with Crippen LogP contribution >= 0.6 is 0 Å². The Labute approximate surface area is 110 Å². The van der Waals surface area contributed by atoms with Crippen molar-refractivity contribution in [2.24, 2.45) is 11.7 Å². The fraction of sp³-hybridized carbons (Fsp3) is 0.333. The molecule has 0 bridgehead atoms. The molecule has 1 unspecified atom stereocenters. The van der Waals surface area contributed by atoms with Crippen LogP contribution in [0.25, 0.3) is 16.5 Å². The number of aromatic amines is 1. The smallest absolute Gasteiger partial charge is 0.158 e. The highest BCUT2D eigenvalue weighted by Crippen LogP contribution is 2.51. The van der Waals surface area contributed by atoms with Gasteiger partial charge in [0.2, 0.25) is 0 Å². The summed E-state index contributed by atoms with van der Waals surface area (Å²) < 4.78 is 0. The maximum atomic E-state index is 11.9. The summed E-state index contributed by atoms with van der Waals surface area (Å²) in [6.07, 6.45) is 3.32. The number of hydrogen-bond donors (Lipinski definition) is 2. The van der Waals surface area contributed by atoms with Crippen LogP contribution in [0.2, 0.25) is 0 Å². The summed E-state index contributed by atoms with van der Waals surface area (Å²) in [5, 5.41) is 8.17. The maximum Gasteiger partial charge on any atom is 0.158 e. The fourth-order valence-corrected chi connectivity index (χ4v) is 3.64. The monoisotopic (exact) mass is 253 g/mol. The lowest BCUT2D eigenvalue weighted by Gasteiger charge is -2.23. The summed E-state index contributed by atoms with van der Waals surface area (Å²) >= 11 is 0. The summed E-state index contributed by atoms with van der Waals surface area (Å²) in [4.78, 5) is 11.9. The highest BCUT2D eigenvalue weighted by molar-refractivity contribution is 6.06. The Kier molecular flexibility index (Phi) is 2.04. The van der Waals surface area contributed by atoms with Crippen LogP contribution < -0.4 is 5.73 Å². The van der Waals surface area contributed by atoms with E-state index in [0.717, 1.165) is 34.0 Å². The van der Waals surface area contributed by atoms with E-state index in [9.17, 15) is 4.79 Å². The summed E-state index contributed by atoms with van der Waals surface area (Å²) in [5.74, 6) is 0.548. The van der Waals surface area contributed by atoms with Gasteiger partial charge >= 0.3 is 0 Å². The van der Waals surface area contributed by atoms with Gasteiger partial charge in [-0.25, -0.2) is 0 Å². The van der Waals surface area contributed by atoms with Crippen LogP contribution in [0.5, 0.6) is 0 Å². The number of aromatic nitrogens is 2. The number of nitrogens with zero attached hydrogens (tertiary/aromatic N) is 1. The predicted octanol–water partition coefficient (Wildman–Crippen LogP) is 2.33. The molecule has 2 atom stereocenters. The van der Waals surface area contributed by atoms with Crippen LogP contribution in [0, 0.1) is 5.92 Å². The Morgan fingerprint density at radius 2 is 2.26 bits per heavy atom. The van der Waals surface area contributed by atoms with Gasteiger partial charge in [-0.05, 0) is 41.7 Å². The van der Waals surface area contributed by atoms with Gasteiger partial charge < -0.3 is 5.73 Å². The number of fused-ring (bicyclic) bond motifs is 5. The van der Waals surface area contributed by atoms with E-state index < -0.39 is 0 Å². The Hall–Kier alpha value is -1.94. The molecule has 1 aromatic carbocycles. The zero-order chi connectivity index (χ0) is 13.1. The molecule has 2 aliphatic rings. The van der Waals surface area contributed by atoms with E-state index in [1.165, 1.54) is 5.57 Å². The molecule has 2 aromatic rings. The number of rotatable bonds is 0. The van der Waals surface area contributed by atoms with Crippen LogP contribution in [0.3, 0.4) is 0 Å². The molecule has 19 heavy (non-hydrogen) atoms. The fourth-order valence-electron chi connectivity index (χ4n) is 3.64. The van der Waals surface area contributed by atoms with Crippen molar-refractivity contribution in [2.75, 3.05) is 0 Å². The van der Waals surface area contributed by atoms with Crippen LogP contribution in [0.1, 0.15) is 36.9 Å². The van der Waals surface area contributed by atoms with Gasteiger partial charge in [-0.15, -0.1) is 0 Å². The summed E-state index contributed by atoms with van der Waals surface area (Å²) in [6, 6.07) is 4.08. The molecule has 0 radical (unpaired) electrons. The SMILES string of the molecule is CC1=C2c3ccc4[nH]ncc4c3[C@H](N)C2CCC1=O. The number of hydrogen-bond acceptors (Lipinski definition) is 3. The van der Waals surface area contributed by atoms with Gasteiger partial charge in [0.05, 0.1) is 11.7 Å². The molecule has 96 valence electrons. The van der Waals surface area contributed by atoms with E-state index in [-0.39, 0.29) is 17.7 Å². The largest absolute Gasteiger partial charge is 0.323 e. The van der Waals surface area contributed by atoms with Crippen molar-refractivity contribution < 1.29 is 4.79 Å². The molecule has 0 saturated carbocycles. The Bertz CT molecular complexity index is 741. The van der Waals surface area contributed by atoms with Gasteiger partial charge in [0.15, 0.2) is 5.78 Å². The normalized spacial score (nSPS) is 25.9. The lowest BCUT2D eigenvalue weighted by atomic mass is 9.82.